The number of rotatable bonds is 5. The van der Waals surface area contributed by atoms with E-state index in [1.165, 1.54) is 6.07 Å². The summed E-state index contributed by atoms with van der Waals surface area (Å²) in [4.78, 5) is 9.06. The topological polar surface area (TPSA) is 93.1 Å². The molecule has 0 aliphatic carbocycles. The number of hydrogen-bond acceptors (Lipinski definition) is 6. The molecule has 0 fully saturated rings. The van der Waals surface area contributed by atoms with Crippen LogP contribution in [0.2, 0.25) is 0 Å². The van der Waals surface area contributed by atoms with Crippen molar-refractivity contribution >= 4 is 11.6 Å². The fraction of sp³-hybridized carbons (Fsp3) is 0.304. The van der Waals surface area contributed by atoms with Crippen molar-refractivity contribution in [2.45, 2.75) is 39.8 Å². The molecular formula is C23H22FN7O. The maximum absolute atomic E-state index is 14.5. The molecule has 0 atom stereocenters. The van der Waals surface area contributed by atoms with Gasteiger partial charge in [-0.1, -0.05) is 0 Å². The first kappa shape index (κ1) is 20.0. The van der Waals surface area contributed by atoms with E-state index in [4.69, 9.17) is 4.74 Å². The van der Waals surface area contributed by atoms with E-state index in [2.05, 4.69) is 40.3 Å². The Balaban J connectivity index is 1.55. The standard InChI is InChI=1S/C23H22FN7O/c1-13(2)31-14(3)17(11-28-31)19-10-27-23(30-12-15(8-25)29-22(19)30)26-9-18-16-6-7-32-21(16)5-4-20(18)24/h4-5,10-13H,6-7,9H2,1-3H3,(H,26,27). The molecule has 4 heterocycles. The molecule has 1 aliphatic heterocycles. The highest BCUT2D eigenvalue weighted by molar-refractivity contribution is 5.79. The van der Waals surface area contributed by atoms with E-state index >= 15 is 0 Å². The molecule has 1 N–H and O–H groups in total. The predicted molar refractivity (Wildman–Crippen MR) is 117 cm³/mol. The molecule has 0 spiro atoms. The first-order valence-electron chi connectivity index (χ1n) is 10.5. The van der Waals surface area contributed by atoms with Crippen LogP contribution in [0, 0.1) is 24.1 Å². The summed E-state index contributed by atoms with van der Waals surface area (Å²) >= 11 is 0. The molecule has 9 heteroatoms. The minimum atomic E-state index is -0.283. The number of nitriles is 1. The van der Waals surface area contributed by atoms with Crippen molar-refractivity contribution in [3.05, 3.63) is 59.1 Å². The fourth-order valence-electron chi connectivity index (χ4n) is 4.23. The lowest BCUT2D eigenvalue weighted by Gasteiger charge is -2.13. The lowest BCUT2D eigenvalue weighted by Crippen LogP contribution is -2.10. The quantitative estimate of drug-likeness (QED) is 0.513. The number of ether oxygens (including phenoxy) is 1. The highest BCUT2D eigenvalue weighted by atomic mass is 19.1. The molecule has 4 aromatic rings. The monoisotopic (exact) mass is 431 g/mol. The Morgan fingerprint density at radius 3 is 2.88 bits per heavy atom. The zero-order valence-electron chi connectivity index (χ0n) is 18.1. The van der Waals surface area contributed by atoms with Crippen molar-refractivity contribution in [3.8, 4) is 22.9 Å². The second-order valence-electron chi connectivity index (χ2n) is 8.06. The zero-order chi connectivity index (χ0) is 22.4. The van der Waals surface area contributed by atoms with E-state index in [0.717, 1.165) is 28.1 Å². The molecule has 0 unspecified atom stereocenters. The van der Waals surface area contributed by atoms with Gasteiger partial charge in [0.2, 0.25) is 5.95 Å². The van der Waals surface area contributed by atoms with Crippen LogP contribution in [0.15, 0.2) is 30.7 Å². The number of imidazole rings is 1. The first-order valence-corrected chi connectivity index (χ1v) is 10.5. The van der Waals surface area contributed by atoms with Crippen LogP contribution in [0.5, 0.6) is 5.75 Å². The maximum Gasteiger partial charge on any atom is 0.208 e. The summed E-state index contributed by atoms with van der Waals surface area (Å²) < 4.78 is 23.8. The van der Waals surface area contributed by atoms with Gasteiger partial charge in [-0.05, 0) is 32.9 Å². The van der Waals surface area contributed by atoms with Gasteiger partial charge in [-0.3, -0.25) is 9.08 Å². The van der Waals surface area contributed by atoms with Crippen LogP contribution in [-0.4, -0.2) is 30.8 Å². The molecule has 0 bridgehead atoms. The first-order chi connectivity index (χ1) is 15.5. The van der Waals surface area contributed by atoms with E-state index in [1.54, 1.807) is 29.1 Å². The van der Waals surface area contributed by atoms with Crippen LogP contribution in [-0.2, 0) is 13.0 Å². The van der Waals surface area contributed by atoms with Crippen molar-refractivity contribution in [1.29, 1.82) is 5.26 Å². The third-order valence-electron chi connectivity index (χ3n) is 5.79. The summed E-state index contributed by atoms with van der Waals surface area (Å²) in [6.07, 6.45) is 5.82. The molecule has 5 rings (SSSR count). The van der Waals surface area contributed by atoms with Gasteiger partial charge >= 0.3 is 0 Å². The highest BCUT2D eigenvalue weighted by Crippen LogP contribution is 2.32. The van der Waals surface area contributed by atoms with Gasteiger partial charge in [-0.25, -0.2) is 14.4 Å². The molecule has 0 amide bonds. The average molecular weight is 431 g/mol. The summed E-state index contributed by atoms with van der Waals surface area (Å²) in [5, 5.41) is 17.1. The molecule has 1 aromatic carbocycles. The highest BCUT2D eigenvalue weighted by Gasteiger charge is 2.21. The number of nitrogens with zero attached hydrogens (tertiary/aromatic N) is 6. The van der Waals surface area contributed by atoms with Crippen molar-refractivity contribution in [1.82, 2.24) is 24.1 Å². The molecule has 0 saturated carbocycles. The summed E-state index contributed by atoms with van der Waals surface area (Å²) in [6.45, 7) is 6.93. The summed E-state index contributed by atoms with van der Waals surface area (Å²) in [5.41, 5.74) is 4.99. The lowest BCUT2D eigenvalue weighted by atomic mass is 10.0. The van der Waals surface area contributed by atoms with Crippen LogP contribution in [0.4, 0.5) is 10.3 Å². The largest absolute Gasteiger partial charge is 0.493 e. The zero-order valence-corrected chi connectivity index (χ0v) is 18.1. The fourth-order valence-corrected chi connectivity index (χ4v) is 4.23. The Labute approximate surface area is 184 Å². The van der Waals surface area contributed by atoms with Gasteiger partial charge in [-0.15, -0.1) is 0 Å². The van der Waals surface area contributed by atoms with Gasteiger partial charge in [0, 0.05) is 53.2 Å². The Morgan fingerprint density at radius 2 is 2.12 bits per heavy atom. The van der Waals surface area contributed by atoms with Crippen molar-refractivity contribution in [2.75, 3.05) is 11.9 Å². The molecule has 162 valence electrons. The smallest absolute Gasteiger partial charge is 0.208 e. The molecule has 1 aliphatic rings. The molecule has 0 saturated heterocycles. The number of anilines is 1. The third-order valence-corrected chi connectivity index (χ3v) is 5.79. The predicted octanol–water partition coefficient (Wildman–Crippen LogP) is 4.04. The Kier molecular flexibility index (Phi) is 4.78. The molecular weight excluding hydrogens is 409 g/mol. The van der Waals surface area contributed by atoms with E-state index in [0.29, 0.717) is 30.2 Å². The lowest BCUT2D eigenvalue weighted by molar-refractivity contribution is 0.356. The second kappa shape index (κ2) is 7.64. The average Bonchev–Trinajstić information content (AvgIpc) is 3.50. The minimum Gasteiger partial charge on any atom is -0.493 e. The van der Waals surface area contributed by atoms with E-state index in [1.807, 2.05) is 11.6 Å². The van der Waals surface area contributed by atoms with Gasteiger partial charge in [0.15, 0.2) is 11.3 Å². The van der Waals surface area contributed by atoms with Gasteiger partial charge in [0.1, 0.15) is 17.6 Å². The number of nitrogens with one attached hydrogen (secondary N) is 1. The number of benzene rings is 1. The van der Waals surface area contributed by atoms with Crippen molar-refractivity contribution in [2.24, 2.45) is 0 Å². The van der Waals surface area contributed by atoms with E-state index < -0.39 is 0 Å². The molecule has 3 aromatic heterocycles. The number of halogens is 1. The summed E-state index contributed by atoms with van der Waals surface area (Å²) in [5.74, 6) is 0.918. The summed E-state index contributed by atoms with van der Waals surface area (Å²) in [6, 6.07) is 5.40. The van der Waals surface area contributed by atoms with Gasteiger partial charge in [-0.2, -0.15) is 10.4 Å². The molecule has 0 radical (unpaired) electrons. The SMILES string of the molecule is Cc1c(-c2cnc(NCc3c(F)ccc4c3CCO4)n3cc(C#N)nc23)cnn1C(C)C. The number of fused-ring (bicyclic) bond motifs is 2. The second-order valence-corrected chi connectivity index (χ2v) is 8.06. The molecule has 32 heavy (non-hydrogen) atoms. The summed E-state index contributed by atoms with van der Waals surface area (Å²) in [7, 11) is 0. The maximum atomic E-state index is 14.5. The van der Waals surface area contributed by atoms with Crippen molar-refractivity contribution in [3.63, 3.8) is 0 Å². The van der Waals surface area contributed by atoms with E-state index in [9.17, 15) is 9.65 Å². The van der Waals surface area contributed by atoms with Gasteiger partial charge in [0.25, 0.3) is 0 Å². The van der Waals surface area contributed by atoms with Crippen molar-refractivity contribution < 1.29 is 9.13 Å². The third kappa shape index (κ3) is 3.15. The van der Waals surface area contributed by atoms with Crippen LogP contribution >= 0.6 is 0 Å². The Bertz CT molecular complexity index is 1380. The van der Waals surface area contributed by atoms with Crippen LogP contribution in [0.25, 0.3) is 16.8 Å². The minimum absolute atomic E-state index is 0.217. The Hall–Kier alpha value is -3.93. The Morgan fingerprint density at radius 1 is 1.28 bits per heavy atom. The van der Waals surface area contributed by atoms with E-state index in [-0.39, 0.29) is 24.1 Å². The van der Waals surface area contributed by atoms with Crippen LogP contribution < -0.4 is 10.1 Å². The number of hydrogen-bond donors (Lipinski definition) is 1. The van der Waals surface area contributed by atoms with Gasteiger partial charge in [0.05, 0.1) is 19.0 Å². The normalized spacial score (nSPS) is 12.8. The van der Waals surface area contributed by atoms with Gasteiger partial charge < -0.3 is 10.1 Å². The van der Waals surface area contributed by atoms with Crippen LogP contribution in [0.1, 0.15) is 42.4 Å². The van der Waals surface area contributed by atoms with Crippen LogP contribution in [0.3, 0.4) is 0 Å². The molecule has 8 nitrogen and oxygen atoms in total. The number of aromatic nitrogens is 5.